The van der Waals surface area contributed by atoms with Crippen LogP contribution in [0.2, 0.25) is 0 Å². The zero-order chi connectivity index (χ0) is 43.6. The Morgan fingerprint density at radius 1 is 0.371 bits per heavy atom. The van der Waals surface area contributed by atoms with Gasteiger partial charge in [0, 0.05) is 0 Å². The zero-order valence-electron chi connectivity index (χ0n) is 38.0. The Bertz CT molecular complexity index is 3060. The van der Waals surface area contributed by atoms with E-state index in [0.717, 1.165) is 67.2 Å². The number of allylic oxidation sites excluding steroid dienone is 4. The fraction of sp³-hybridized carbons (Fsp3) is 0.214. The van der Waals surface area contributed by atoms with Crippen LogP contribution in [0.5, 0.6) is 0 Å². The van der Waals surface area contributed by atoms with Gasteiger partial charge >= 0.3 is 382 Å². The van der Waals surface area contributed by atoms with E-state index in [-0.39, 0.29) is 0 Å². The predicted octanol–water partition coefficient (Wildman–Crippen LogP) is 11.6. The Kier molecular flexibility index (Phi) is 9.80. The number of hydrogen-bond acceptors (Lipinski definition) is 2. The minimum absolute atomic E-state index is 0.960. The minimum atomic E-state index is -4.13. The van der Waals surface area contributed by atoms with Crippen molar-refractivity contribution in [3.63, 3.8) is 0 Å². The van der Waals surface area contributed by atoms with Gasteiger partial charge in [0.05, 0.1) is 0 Å². The third kappa shape index (κ3) is 6.26. The first kappa shape index (κ1) is 40.7. The van der Waals surface area contributed by atoms with E-state index in [2.05, 4.69) is 185 Å². The van der Waals surface area contributed by atoms with Gasteiger partial charge in [-0.2, -0.15) is 0 Å². The Morgan fingerprint density at radius 2 is 0.661 bits per heavy atom. The molecule has 0 aliphatic carbocycles. The summed E-state index contributed by atoms with van der Waals surface area (Å²) in [5.41, 5.74) is 30.2. The number of aromatic nitrogens is 2. The van der Waals surface area contributed by atoms with Gasteiger partial charge in [-0.1, -0.05) is 0 Å². The molecule has 4 aliphatic heterocycles. The van der Waals surface area contributed by atoms with E-state index in [0.29, 0.717) is 0 Å². The van der Waals surface area contributed by atoms with Gasteiger partial charge in [0.2, 0.25) is 0 Å². The van der Waals surface area contributed by atoms with Crippen molar-refractivity contribution in [2.24, 2.45) is 9.98 Å². The molecule has 0 saturated carbocycles. The van der Waals surface area contributed by atoms with Crippen molar-refractivity contribution < 1.29 is 0 Å². The van der Waals surface area contributed by atoms with Crippen LogP contribution in [0, 0.1) is 83.1 Å². The molecule has 6 heterocycles. The first-order valence-electron chi connectivity index (χ1n) is 21.8. The van der Waals surface area contributed by atoms with Crippen LogP contribution in [0.3, 0.4) is 0 Å². The van der Waals surface area contributed by atoms with E-state index in [4.69, 9.17) is 18.3 Å². The summed E-state index contributed by atoms with van der Waals surface area (Å²) >= 11 is -4.13. The van der Waals surface area contributed by atoms with Crippen molar-refractivity contribution in [2.75, 3.05) is 0 Å². The molecule has 0 atom stereocenters. The van der Waals surface area contributed by atoms with Crippen LogP contribution < -0.4 is 10.7 Å². The van der Waals surface area contributed by atoms with Crippen LogP contribution in [0.25, 0.3) is 22.3 Å². The molecule has 0 amide bonds. The van der Waals surface area contributed by atoms with Crippen LogP contribution in [0.1, 0.15) is 100 Å². The van der Waals surface area contributed by atoms with Crippen molar-refractivity contribution in [2.45, 2.75) is 83.1 Å². The van der Waals surface area contributed by atoms with Crippen molar-refractivity contribution in [1.29, 1.82) is 0 Å². The maximum absolute atomic E-state index is 8.73. The standard InChI is InChI=1S/C56H52N4.ClH.Tl/c1-29-21-33(5)49(34(6)22-29)53-41-13-15-43(57-41)54(50-35(7)23-30(2)24-36(50)8)45-17-19-47(59-45)56(52-39(11)27-32(4)28-40(52)12)48-20-18-46(60-48)55(44-16-14-42(53)58-44)51-37(9)25-31(3)26-38(51)10;;/h13-28H,1-12H3;1H;/q-2;;+3/p-1. The predicted molar refractivity (Wildman–Crippen MR) is 263 cm³/mol. The molecule has 0 spiro atoms. The first-order chi connectivity index (χ1) is 29.6. The van der Waals surface area contributed by atoms with Gasteiger partial charge in [-0.3, -0.25) is 0 Å². The molecule has 2 aromatic heterocycles. The Balaban J connectivity index is 1.50. The summed E-state index contributed by atoms with van der Waals surface area (Å²) in [6.45, 7) is 26.7. The van der Waals surface area contributed by atoms with Gasteiger partial charge < -0.3 is 0 Å². The molecule has 306 valence electrons. The second kappa shape index (κ2) is 14.9. The number of halogens is 1. The Labute approximate surface area is 378 Å². The van der Waals surface area contributed by atoms with Gasteiger partial charge in [0.25, 0.3) is 0 Å². The summed E-state index contributed by atoms with van der Waals surface area (Å²) in [6, 6.07) is 27.8. The number of benzene rings is 4. The molecule has 6 heteroatoms. The van der Waals surface area contributed by atoms with Crippen molar-refractivity contribution >= 4 is 64.1 Å². The Morgan fingerprint density at radius 3 is 0.968 bits per heavy atom. The van der Waals surface area contributed by atoms with Crippen LogP contribution >= 0.6 is 8.32 Å². The molecule has 4 aromatic carbocycles. The van der Waals surface area contributed by atoms with Gasteiger partial charge in [-0.15, -0.1) is 0 Å². The summed E-state index contributed by atoms with van der Waals surface area (Å²) in [4.78, 5) is 11.4. The molecule has 0 fully saturated rings. The van der Waals surface area contributed by atoms with Crippen molar-refractivity contribution in [1.82, 2.24) is 4.75 Å². The van der Waals surface area contributed by atoms with Crippen molar-refractivity contribution in [3.8, 4) is 0 Å². The zero-order valence-corrected chi connectivity index (χ0v) is 43.2. The molecule has 4 nitrogen and oxygen atoms in total. The summed E-state index contributed by atoms with van der Waals surface area (Å²) < 4.78 is 5.21. The summed E-state index contributed by atoms with van der Waals surface area (Å²) in [7, 11) is 8.73. The van der Waals surface area contributed by atoms with E-state index in [1.807, 2.05) is 0 Å². The van der Waals surface area contributed by atoms with Gasteiger partial charge in [0.15, 0.2) is 0 Å². The molecule has 4 aliphatic rings. The number of hydrogen-bond donors (Lipinski definition) is 0. The SMILES string of the molecule is Cc1cc(C)c(C2=C3C=CC(=N3)C(c3c(C)cc(C)cc3C)=c3ccc4[n]3[Tl]([Cl])[n]3c2ccc3C(c2c(C)cc(C)cc2C)=C2C=CC(=N2)C=4c2c(C)cc(C)cc2C)c(C)c1. The van der Waals surface area contributed by atoms with E-state index < -0.39 is 22.1 Å². The van der Waals surface area contributed by atoms with E-state index in [9.17, 15) is 0 Å². The van der Waals surface area contributed by atoms with Crippen LogP contribution in [0.15, 0.2) is 118 Å². The second-order valence-electron chi connectivity index (χ2n) is 18.3. The molecule has 0 radical (unpaired) electrons. The molecule has 0 N–H and O–H groups in total. The maximum atomic E-state index is 8.73. The first-order valence-corrected chi connectivity index (χ1v) is 31.3. The Hall–Kier alpha value is -5.31. The van der Waals surface area contributed by atoms with Crippen LogP contribution in [-0.4, -0.2) is 38.3 Å². The molecule has 6 aromatic rings. The monoisotopic (exact) mass is 1020 g/mol. The van der Waals surface area contributed by atoms with Gasteiger partial charge in [-0.25, -0.2) is 0 Å². The molecular weight excluding hydrogens is 968 g/mol. The molecular formula is C56H52ClN4Tl. The quantitative estimate of drug-likeness (QED) is 0.158. The molecule has 6 bridgehead atoms. The average molecular weight is 1020 g/mol. The number of aryl methyl sites for hydroxylation is 12. The fourth-order valence-corrected chi connectivity index (χ4v) is 22.9. The molecule has 62 heavy (non-hydrogen) atoms. The summed E-state index contributed by atoms with van der Waals surface area (Å²) in [5.74, 6) is 0. The third-order valence-corrected chi connectivity index (χ3v) is 24.4. The van der Waals surface area contributed by atoms with Gasteiger partial charge in [0.1, 0.15) is 0 Å². The van der Waals surface area contributed by atoms with Crippen LogP contribution in [-0.2, 0) is 0 Å². The molecule has 0 saturated heterocycles. The molecule has 10 rings (SSSR count). The van der Waals surface area contributed by atoms with E-state index in [1.54, 1.807) is 0 Å². The number of nitrogens with zero attached hydrogens (tertiary/aromatic N) is 4. The van der Waals surface area contributed by atoms with E-state index >= 15 is 0 Å². The van der Waals surface area contributed by atoms with Crippen LogP contribution in [0.4, 0.5) is 0 Å². The summed E-state index contributed by atoms with van der Waals surface area (Å²) in [6.07, 6.45) is 8.99. The van der Waals surface area contributed by atoms with Gasteiger partial charge in [-0.05, 0) is 0 Å². The molecule has 0 unspecified atom stereocenters. The summed E-state index contributed by atoms with van der Waals surface area (Å²) in [5, 5.41) is 2.21. The fourth-order valence-electron chi connectivity index (χ4n) is 11.4. The number of aliphatic imine (C=N–C) groups is 2. The topological polar surface area (TPSA) is 34.6 Å². The number of rotatable bonds is 4. The van der Waals surface area contributed by atoms with Crippen molar-refractivity contribution in [3.05, 3.63) is 220 Å². The van der Waals surface area contributed by atoms with E-state index in [1.165, 1.54) is 89.0 Å². The number of fused-ring (bicyclic) bond motifs is 2. The normalized spacial score (nSPS) is 15.3. The third-order valence-electron chi connectivity index (χ3n) is 13.3. The average Bonchev–Trinajstić information content (AvgIpc) is 4.00. The second-order valence-corrected chi connectivity index (χ2v) is 28.1.